The second-order valence-electron chi connectivity index (χ2n) is 10.5. The van der Waals surface area contributed by atoms with Gasteiger partial charge in [0.1, 0.15) is 60.5 Å². The summed E-state index contributed by atoms with van der Waals surface area (Å²) in [5, 5.41) is 96.7. The lowest BCUT2D eigenvalue weighted by Gasteiger charge is -2.46. The van der Waals surface area contributed by atoms with E-state index in [1.165, 1.54) is 14.0 Å². The van der Waals surface area contributed by atoms with Gasteiger partial charge < -0.3 is 87.6 Å². The maximum absolute atomic E-state index is 11.3. The molecule has 0 aromatic carbocycles. The minimum absolute atomic E-state index is 0.516. The van der Waals surface area contributed by atoms with Crippen LogP contribution in [0.2, 0.25) is 0 Å². The zero-order valence-electron chi connectivity index (χ0n) is 24.0. The van der Waals surface area contributed by atoms with E-state index >= 15 is 0 Å². The number of aliphatic hydroxyl groups is 8. The Balaban J connectivity index is 0.00000130. The van der Waals surface area contributed by atoms with Crippen molar-refractivity contribution >= 4 is 22.3 Å². The molecule has 2 heterocycles. The topological polar surface area (TPSA) is 412 Å². The first kappa shape index (κ1) is 39.1. The summed E-state index contributed by atoms with van der Waals surface area (Å²) in [5.74, 6) is -1.13. The molecule has 45 heavy (non-hydrogen) atoms. The van der Waals surface area contributed by atoms with Crippen LogP contribution in [0.15, 0.2) is 4.99 Å². The van der Waals surface area contributed by atoms with Crippen molar-refractivity contribution in [1.82, 2.24) is 10.6 Å². The first-order valence-electron chi connectivity index (χ1n) is 13.2. The fourth-order valence-corrected chi connectivity index (χ4v) is 5.22. The lowest BCUT2D eigenvalue weighted by Crippen LogP contribution is -2.70. The van der Waals surface area contributed by atoms with Crippen molar-refractivity contribution in [2.24, 2.45) is 22.2 Å². The summed E-state index contributed by atoms with van der Waals surface area (Å²) < 4.78 is 54.7. The Bertz CT molecular complexity index is 1110. The molecule has 0 radical (unpaired) electrons. The molecule has 3 fully saturated rings. The molecule has 264 valence electrons. The summed E-state index contributed by atoms with van der Waals surface area (Å²) in [5.41, 5.74) is 14.2. The number of aliphatic imine (C=N–C) groups is 1. The predicted molar refractivity (Wildman–Crippen MR) is 147 cm³/mol. The number of aliphatic hydroxyl groups excluding tert-OH is 7. The summed E-state index contributed by atoms with van der Waals surface area (Å²) in [4.78, 5) is 3.91. The molecular weight excluding hydrogens is 638 g/mol. The molecule has 0 aromatic heterocycles. The van der Waals surface area contributed by atoms with Crippen LogP contribution in [0.4, 0.5) is 0 Å². The Labute approximate surface area is 256 Å². The van der Waals surface area contributed by atoms with Gasteiger partial charge in [0, 0.05) is 0 Å². The van der Waals surface area contributed by atoms with Crippen LogP contribution in [0.1, 0.15) is 6.92 Å². The van der Waals surface area contributed by atoms with Gasteiger partial charge in [0.25, 0.3) is 0 Å². The van der Waals surface area contributed by atoms with E-state index in [1.54, 1.807) is 0 Å². The van der Waals surface area contributed by atoms with Gasteiger partial charge in [-0.3, -0.25) is 14.5 Å². The number of hydrogen-bond acceptors (Lipinski definition) is 17. The van der Waals surface area contributed by atoms with Crippen LogP contribution >= 0.6 is 0 Å². The average molecular weight is 682 g/mol. The molecule has 0 spiro atoms. The molecule has 0 aromatic rings. The highest BCUT2D eigenvalue weighted by Gasteiger charge is 2.60. The standard InChI is InChI=1S/C21H41N7O12.H2O4S/c1-5-21(36,4-30)16(40-17-9(26-2)13(34)10(31)6(3-29)38-17)18(37-5)39-15-8(28-20(24)25)11(32)7(27-19(22)23)12(33)14(15)35;1-5(2,3)4/h5-18,26,29-36H,3-4H2,1-2H3,(H4,22,23,27)(H4,24,25,28);(H2,1,2,3,4)/t5?,6?,7-,8+,9+,10?,11-,12+,13?,14-,15-,16?,17?,18+,21-;/m1./s1. The average Bonchev–Trinajstić information content (AvgIpc) is 3.16. The summed E-state index contributed by atoms with van der Waals surface area (Å²) in [6, 6.07) is -3.94. The third-order valence-electron chi connectivity index (χ3n) is 7.55. The second kappa shape index (κ2) is 15.7. The van der Waals surface area contributed by atoms with Gasteiger partial charge in [-0.05, 0) is 14.0 Å². The van der Waals surface area contributed by atoms with Gasteiger partial charge in [-0.15, -0.1) is 0 Å². The first-order valence-corrected chi connectivity index (χ1v) is 14.6. The first-order chi connectivity index (χ1) is 20.7. The van der Waals surface area contributed by atoms with E-state index in [0.717, 1.165) is 0 Å². The van der Waals surface area contributed by atoms with Gasteiger partial charge in [-0.25, -0.2) is 4.99 Å². The van der Waals surface area contributed by atoms with Crippen molar-refractivity contribution < 1.29 is 77.3 Å². The van der Waals surface area contributed by atoms with Crippen LogP contribution in [0.5, 0.6) is 0 Å². The number of guanidine groups is 2. The maximum Gasteiger partial charge on any atom is 0.394 e. The predicted octanol–water partition coefficient (Wildman–Crippen LogP) is -8.81. The molecule has 2 aliphatic heterocycles. The van der Waals surface area contributed by atoms with Gasteiger partial charge >= 0.3 is 10.4 Å². The Morgan fingerprint density at radius 1 is 0.933 bits per heavy atom. The molecule has 23 nitrogen and oxygen atoms in total. The molecule has 2 saturated heterocycles. The molecule has 3 rings (SSSR count). The van der Waals surface area contributed by atoms with Crippen molar-refractivity contribution in [3.63, 3.8) is 0 Å². The second-order valence-corrected chi connectivity index (χ2v) is 11.4. The number of likely N-dealkylation sites (N-methyl/N-ethyl adjacent to an activating group) is 1. The van der Waals surface area contributed by atoms with Crippen LogP contribution in [0, 0.1) is 5.41 Å². The summed E-state index contributed by atoms with van der Waals surface area (Å²) in [6.45, 7) is -0.204. The molecule has 24 heteroatoms. The Kier molecular flexibility index (Phi) is 13.6. The SMILES string of the molecule is CN[C@@H]1C(OC2[C@H](O[C@H]3[C@H](O)[C@@H](O)[C@H](NC(=N)N)[C@@H](O)[C@@H]3N=C(N)N)OC(C)[C@]2(O)CO)OC(CO)C(O)C1O.O=S(=O)(O)O. The van der Waals surface area contributed by atoms with Gasteiger partial charge in [0.05, 0.1) is 31.4 Å². The van der Waals surface area contributed by atoms with Crippen LogP contribution in [-0.4, -0.2) is 182 Å². The highest BCUT2D eigenvalue weighted by Crippen LogP contribution is 2.39. The van der Waals surface area contributed by atoms with Gasteiger partial charge in [0.15, 0.2) is 24.5 Å². The van der Waals surface area contributed by atoms with Crippen molar-refractivity contribution in [3.8, 4) is 0 Å². The number of nitrogens with one attached hydrogen (secondary N) is 3. The van der Waals surface area contributed by atoms with Gasteiger partial charge in [-0.2, -0.15) is 8.42 Å². The third-order valence-corrected chi connectivity index (χ3v) is 7.55. The number of hydrogen-bond donors (Lipinski definition) is 16. The Morgan fingerprint density at radius 2 is 1.49 bits per heavy atom. The molecule has 0 bridgehead atoms. The number of nitrogens with two attached hydrogens (primary N) is 3. The molecule has 1 saturated carbocycles. The molecule has 0 amide bonds. The normalized spacial score (nSPS) is 43.6. The van der Waals surface area contributed by atoms with E-state index in [9.17, 15) is 40.9 Å². The molecule has 6 unspecified atom stereocenters. The van der Waals surface area contributed by atoms with Crippen LogP contribution in [0.3, 0.4) is 0 Å². The minimum Gasteiger partial charge on any atom is -0.394 e. The van der Waals surface area contributed by atoms with Gasteiger partial charge in [0.2, 0.25) is 0 Å². The third kappa shape index (κ3) is 9.25. The quantitative estimate of drug-likeness (QED) is 0.0610. The molecule has 15 atom stereocenters. The monoisotopic (exact) mass is 681 g/mol. The Hall–Kier alpha value is -2.11. The fraction of sp³-hybridized carbons (Fsp3) is 0.905. The largest absolute Gasteiger partial charge is 0.394 e. The van der Waals surface area contributed by atoms with E-state index in [-0.39, 0.29) is 0 Å². The van der Waals surface area contributed by atoms with Crippen LogP contribution < -0.4 is 27.8 Å². The zero-order chi connectivity index (χ0) is 34.6. The smallest absolute Gasteiger partial charge is 0.394 e. The van der Waals surface area contributed by atoms with E-state index in [0.29, 0.717) is 0 Å². The van der Waals surface area contributed by atoms with E-state index in [2.05, 4.69) is 15.6 Å². The highest BCUT2D eigenvalue weighted by molar-refractivity contribution is 7.79. The van der Waals surface area contributed by atoms with Crippen molar-refractivity contribution in [2.75, 3.05) is 20.3 Å². The van der Waals surface area contributed by atoms with E-state index in [1.807, 2.05) is 0 Å². The lowest BCUT2D eigenvalue weighted by atomic mass is 9.81. The maximum atomic E-state index is 11.3. The molecule has 3 aliphatic rings. The number of rotatable bonds is 9. The molecular formula is C21H43N7O16S. The zero-order valence-corrected chi connectivity index (χ0v) is 24.8. The van der Waals surface area contributed by atoms with E-state index < -0.39 is 127 Å². The highest BCUT2D eigenvalue weighted by atomic mass is 32.3. The van der Waals surface area contributed by atoms with Crippen molar-refractivity contribution in [1.29, 1.82) is 5.41 Å². The van der Waals surface area contributed by atoms with Crippen LogP contribution in [0.25, 0.3) is 0 Å². The summed E-state index contributed by atoms with van der Waals surface area (Å²) in [7, 11) is -3.23. The number of nitrogens with zero attached hydrogens (tertiary/aromatic N) is 1. The van der Waals surface area contributed by atoms with Crippen molar-refractivity contribution in [2.45, 2.75) is 98.2 Å². The summed E-state index contributed by atoms with van der Waals surface area (Å²) in [6.07, 6.45) is -16.9. The minimum atomic E-state index is -4.67. The molecule has 19 N–H and O–H groups in total. The number of ether oxygens (including phenoxy) is 4. The van der Waals surface area contributed by atoms with Gasteiger partial charge in [-0.1, -0.05) is 0 Å². The fourth-order valence-electron chi connectivity index (χ4n) is 5.22. The lowest BCUT2D eigenvalue weighted by molar-refractivity contribution is -0.317. The molecule has 1 aliphatic carbocycles. The Morgan fingerprint density at radius 3 is 1.96 bits per heavy atom. The van der Waals surface area contributed by atoms with E-state index in [4.69, 9.17) is 59.1 Å². The van der Waals surface area contributed by atoms with Crippen molar-refractivity contribution in [3.05, 3.63) is 0 Å². The summed E-state index contributed by atoms with van der Waals surface area (Å²) >= 11 is 0. The van der Waals surface area contributed by atoms with Crippen LogP contribution in [-0.2, 0) is 29.3 Å².